The first-order chi connectivity index (χ1) is 9.95. The maximum atomic E-state index is 13.4. The standard InChI is InChI=1S/C14H17F2N3O2/c1-10(20)19-6-4-18(5-7-19)9-14(21)17-13-8-11(15)2-3-12(13)16/h2-3,8H,4-7,9H2,1H3,(H,17,21)/p+1. The number of hydrogen-bond acceptors (Lipinski definition) is 2. The largest absolute Gasteiger partial charge is 0.332 e. The first-order valence-electron chi connectivity index (χ1n) is 6.79. The zero-order chi connectivity index (χ0) is 15.4. The zero-order valence-electron chi connectivity index (χ0n) is 11.8. The summed E-state index contributed by atoms with van der Waals surface area (Å²) in [5.41, 5.74) is -0.151. The molecule has 21 heavy (non-hydrogen) atoms. The van der Waals surface area contributed by atoms with E-state index in [-0.39, 0.29) is 24.0 Å². The second-order valence-corrected chi connectivity index (χ2v) is 5.11. The minimum Gasteiger partial charge on any atom is -0.332 e. The molecule has 1 aliphatic rings. The number of nitrogens with one attached hydrogen (secondary N) is 2. The van der Waals surface area contributed by atoms with Gasteiger partial charge in [-0.15, -0.1) is 0 Å². The van der Waals surface area contributed by atoms with E-state index < -0.39 is 11.6 Å². The molecule has 0 unspecified atom stereocenters. The molecule has 1 fully saturated rings. The van der Waals surface area contributed by atoms with Crippen molar-refractivity contribution in [2.24, 2.45) is 0 Å². The Balaban J connectivity index is 1.85. The average Bonchev–Trinajstić information content (AvgIpc) is 2.43. The summed E-state index contributed by atoms with van der Waals surface area (Å²) in [6.07, 6.45) is 0. The number of hydrogen-bond donors (Lipinski definition) is 2. The topological polar surface area (TPSA) is 53.9 Å². The Labute approximate surface area is 121 Å². The van der Waals surface area contributed by atoms with Crippen LogP contribution in [0.15, 0.2) is 18.2 Å². The van der Waals surface area contributed by atoms with Gasteiger partial charge in [0.25, 0.3) is 5.91 Å². The highest BCUT2D eigenvalue weighted by molar-refractivity contribution is 5.91. The van der Waals surface area contributed by atoms with Crippen LogP contribution in [-0.4, -0.2) is 49.4 Å². The molecule has 0 radical (unpaired) electrons. The van der Waals surface area contributed by atoms with E-state index in [1.165, 1.54) is 6.92 Å². The normalized spacial score (nSPS) is 15.9. The van der Waals surface area contributed by atoms with E-state index in [2.05, 4.69) is 5.32 Å². The van der Waals surface area contributed by atoms with Gasteiger partial charge in [0, 0.05) is 13.0 Å². The summed E-state index contributed by atoms with van der Waals surface area (Å²) in [5.74, 6) is -1.61. The molecule has 1 aliphatic heterocycles. The van der Waals surface area contributed by atoms with Gasteiger partial charge in [-0.05, 0) is 12.1 Å². The van der Waals surface area contributed by atoms with Crippen molar-refractivity contribution in [1.82, 2.24) is 4.90 Å². The van der Waals surface area contributed by atoms with Crippen molar-refractivity contribution >= 4 is 17.5 Å². The number of benzene rings is 1. The lowest BCUT2D eigenvalue weighted by atomic mass is 10.2. The van der Waals surface area contributed by atoms with Crippen LogP contribution in [0.25, 0.3) is 0 Å². The Morgan fingerprint density at radius 3 is 2.57 bits per heavy atom. The molecule has 2 N–H and O–H groups in total. The predicted octanol–water partition coefficient (Wildman–Crippen LogP) is -0.350. The Bertz CT molecular complexity index is 543. The number of rotatable bonds is 3. The van der Waals surface area contributed by atoms with Gasteiger partial charge in [-0.1, -0.05) is 0 Å². The summed E-state index contributed by atoms with van der Waals surface area (Å²) in [7, 11) is 0. The molecule has 7 heteroatoms. The van der Waals surface area contributed by atoms with Gasteiger partial charge in [0.15, 0.2) is 6.54 Å². The van der Waals surface area contributed by atoms with Crippen molar-refractivity contribution in [1.29, 1.82) is 0 Å². The molecule has 1 saturated heterocycles. The maximum Gasteiger partial charge on any atom is 0.279 e. The second kappa shape index (κ2) is 6.62. The van der Waals surface area contributed by atoms with Crippen LogP contribution in [0.3, 0.4) is 0 Å². The van der Waals surface area contributed by atoms with Crippen LogP contribution in [0, 0.1) is 11.6 Å². The molecule has 2 amide bonds. The average molecular weight is 298 g/mol. The van der Waals surface area contributed by atoms with Crippen LogP contribution in [0.2, 0.25) is 0 Å². The molecule has 114 valence electrons. The van der Waals surface area contributed by atoms with E-state index >= 15 is 0 Å². The van der Waals surface area contributed by atoms with Crippen molar-refractivity contribution < 1.29 is 23.3 Å². The van der Waals surface area contributed by atoms with E-state index in [0.717, 1.165) is 23.1 Å². The van der Waals surface area contributed by atoms with Crippen molar-refractivity contribution in [3.05, 3.63) is 29.8 Å². The number of halogens is 2. The summed E-state index contributed by atoms with van der Waals surface area (Å²) in [5, 5.41) is 2.38. The number of amides is 2. The quantitative estimate of drug-likeness (QED) is 0.801. The van der Waals surface area contributed by atoms with Crippen LogP contribution in [0.4, 0.5) is 14.5 Å². The lowest BCUT2D eigenvalue weighted by Gasteiger charge is -2.31. The molecule has 5 nitrogen and oxygen atoms in total. The van der Waals surface area contributed by atoms with Gasteiger partial charge in [-0.25, -0.2) is 8.78 Å². The van der Waals surface area contributed by atoms with E-state index in [9.17, 15) is 18.4 Å². The molecule has 0 aliphatic carbocycles. The Hall–Kier alpha value is -2.02. The third-order valence-electron chi connectivity index (χ3n) is 3.53. The Morgan fingerprint density at radius 2 is 1.95 bits per heavy atom. The molecule has 0 saturated carbocycles. The van der Waals surface area contributed by atoms with Crippen LogP contribution in [-0.2, 0) is 9.59 Å². The highest BCUT2D eigenvalue weighted by atomic mass is 19.1. The highest BCUT2D eigenvalue weighted by Crippen LogP contribution is 2.14. The summed E-state index contributed by atoms with van der Waals surface area (Å²) < 4.78 is 26.4. The van der Waals surface area contributed by atoms with Gasteiger partial charge in [0.2, 0.25) is 5.91 Å². The molecule has 1 aromatic carbocycles. The number of quaternary nitrogens is 1. The molecule has 2 rings (SSSR count). The van der Waals surface area contributed by atoms with Gasteiger partial charge in [0.05, 0.1) is 31.9 Å². The smallest absolute Gasteiger partial charge is 0.279 e. The van der Waals surface area contributed by atoms with Gasteiger partial charge < -0.3 is 15.1 Å². The first kappa shape index (κ1) is 15.4. The van der Waals surface area contributed by atoms with Crippen LogP contribution < -0.4 is 10.2 Å². The van der Waals surface area contributed by atoms with Crippen molar-refractivity contribution in [2.75, 3.05) is 38.0 Å². The van der Waals surface area contributed by atoms with E-state index in [1.807, 2.05) is 0 Å². The van der Waals surface area contributed by atoms with Crippen molar-refractivity contribution in [3.63, 3.8) is 0 Å². The Morgan fingerprint density at radius 1 is 1.29 bits per heavy atom. The van der Waals surface area contributed by atoms with Crippen LogP contribution >= 0.6 is 0 Å². The Kier molecular flexibility index (Phi) is 4.85. The highest BCUT2D eigenvalue weighted by Gasteiger charge is 2.23. The second-order valence-electron chi connectivity index (χ2n) is 5.11. The lowest BCUT2D eigenvalue weighted by molar-refractivity contribution is -0.895. The minimum absolute atomic E-state index is 0.0281. The van der Waals surface area contributed by atoms with Crippen LogP contribution in [0.1, 0.15) is 6.92 Å². The SMILES string of the molecule is CC(=O)N1CC[NH+](CC(=O)Nc2cc(F)ccc2F)CC1. The molecule has 1 heterocycles. The fourth-order valence-electron chi connectivity index (χ4n) is 2.33. The zero-order valence-corrected chi connectivity index (χ0v) is 11.8. The van der Waals surface area contributed by atoms with Gasteiger partial charge in [-0.2, -0.15) is 0 Å². The fraction of sp³-hybridized carbons (Fsp3) is 0.429. The molecular weight excluding hydrogens is 280 g/mol. The minimum atomic E-state index is -0.666. The molecule has 0 bridgehead atoms. The third kappa shape index (κ3) is 4.22. The summed E-state index contributed by atoms with van der Waals surface area (Å²) >= 11 is 0. The molecule has 0 spiro atoms. The van der Waals surface area contributed by atoms with Gasteiger partial charge >= 0.3 is 0 Å². The third-order valence-corrected chi connectivity index (χ3v) is 3.53. The molecule has 0 aromatic heterocycles. The first-order valence-corrected chi connectivity index (χ1v) is 6.79. The molecular formula is C14H18F2N3O2+. The molecule has 1 aromatic rings. The lowest BCUT2D eigenvalue weighted by Crippen LogP contribution is -3.15. The number of anilines is 1. The van der Waals surface area contributed by atoms with E-state index in [4.69, 9.17) is 0 Å². The number of nitrogens with zero attached hydrogens (tertiary/aromatic N) is 1. The number of carbonyl (C=O) groups is 2. The summed E-state index contributed by atoms with van der Waals surface area (Å²) in [6, 6.07) is 2.93. The van der Waals surface area contributed by atoms with E-state index in [1.54, 1.807) is 4.90 Å². The summed E-state index contributed by atoms with van der Waals surface area (Å²) in [4.78, 5) is 25.8. The van der Waals surface area contributed by atoms with Gasteiger partial charge in [0.1, 0.15) is 11.6 Å². The maximum absolute atomic E-state index is 13.4. The van der Waals surface area contributed by atoms with Crippen LogP contribution in [0.5, 0.6) is 0 Å². The van der Waals surface area contributed by atoms with Crippen molar-refractivity contribution in [3.8, 4) is 0 Å². The van der Waals surface area contributed by atoms with E-state index in [0.29, 0.717) is 26.2 Å². The molecule has 0 atom stereocenters. The monoisotopic (exact) mass is 298 g/mol. The fourth-order valence-corrected chi connectivity index (χ4v) is 2.33. The van der Waals surface area contributed by atoms with Gasteiger partial charge in [-0.3, -0.25) is 9.59 Å². The summed E-state index contributed by atoms with van der Waals surface area (Å²) in [6.45, 7) is 4.22. The number of piperazine rings is 1. The number of carbonyl (C=O) groups excluding carboxylic acids is 2. The van der Waals surface area contributed by atoms with Crippen molar-refractivity contribution in [2.45, 2.75) is 6.92 Å². The predicted molar refractivity (Wildman–Crippen MR) is 72.8 cm³/mol.